The average molecular weight is 406 g/mol. The van der Waals surface area contributed by atoms with Crippen LogP contribution in [0.25, 0.3) is 11.0 Å². The first-order valence-electron chi connectivity index (χ1n) is 9.48. The van der Waals surface area contributed by atoms with Crippen LogP contribution in [0, 0.1) is 13.8 Å². The Kier molecular flexibility index (Phi) is 5.22. The fourth-order valence-electron chi connectivity index (χ4n) is 3.27. The van der Waals surface area contributed by atoms with Crippen LogP contribution in [0.5, 0.6) is 0 Å². The van der Waals surface area contributed by atoms with Crippen LogP contribution in [-0.2, 0) is 23.1 Å². The third-order valence-corrected chi connectivity index (χ3v) is 6.36. The molecule has 1 N–H and O–H groups in total. The lowest BCUT2D eigenvalue weighted by Gasteiger charge is -2.11. The van der Waals surface area contributed by atoms with Gasteiger partial charge in [0.2, 0.25) is 10.0 Å². The molecule has 0 radical (unpaired) electrons. The molecule has 0 spiro atoms. The number of benzene rings is 3. The van der Waals surface area contributed by atoms with Gasteiger partial charge >= 0.3 is 0 Å². The van der Waals surface area contributed by atoms with Gasteiger partial charge in [-0.2, -0.15) is 0 Å². The summed E-state index contributed by atoms with van der Waals surface area (Å²) in [6.45, 7) is 4.73. The van der Waals surface area contributed by atoms with E-state index in [9.17, 15) is 8.42 Å². The van der Waals surface area contributed by atoms with E-state index < -0.39 is 10.0 Å². The lowest BCUT2D eigenvalue weighted by molar-refractivity contribution is 0.576. The van der Waals surface area contributed by atoms with Gasteiger partial charge in [-0.1, -0.05) is 59.7 Å². The molecule has 5 nitrogen and oxygen atoms in total. The van der Waals surface area contributed by atoms with Gasteiger partial charge < -0.3 is 4.57 Å². The molecule has 0 aliphatic rings. The molecule has 0 saturated heterocycles. The quantitative estimate of drug-likeness (QED) is 0.523. The highest BCUT2D eigenvalue weighted by atomic mass is 32.2. The highest BCUT2D eigenvalue weighted by molar-refractivity contribution is 7.89. The number of hydrogen-bond donors (Lipinski definition) is 1. The molecule has 4 rings (SSSR count). The summed E-state index contributed by atoms with van der Waals surface area (Å²) in [7, 11) is -3.61. The molecule has 0 unspecified atom stereocenters. The number of hydrogen-bond acceptors (Lipinski definition) is 3. The van der Waals surface area contributed by atoms with Crippen molar-refractivity contribution in [1.82, 2.24) is 14.3 Å². The van der Waals surface area contributed by atoms with Crippen LogP contribution in [-0.4, -0.2) is 18.0 Å². The third kappa shape index (κ3) is 4.23. The zero-order valence-electron chi connectivity index (χ0n) is 16.5. The van der Waals surface area contributed by atoms with Gasteiger partial charge in [-0.15, -0.1) is 0 Å². The maximum Gasteiger partial charge on any atom is 0.240 e. The van der Waals surface area contributed by atoms with E-state index in [2.05, 4.69) is 45.5 Å². The van der Waals surface area contributed by atoms with E-state index >= 15 is 0 Å². The Hall–Kier alpha value is -2.96. The number of aromatic nitrogens is 2. The number of sulfonamides is 1. The Morgan fingerprint density at radius 1 is 0.862 bits per heavy atom. The molecule has 0 amide bonds. The van der Waals surface area contributed by atoms with Crippen molar-refractivity contribution in [3.05, 3.63) is 95.3 Å². The largest absolute Gasteiger partial charge is 0.322 e. The molecule has 0 aliphatic carbocycles. The van der Waals surface area contributed by atoms with Crippen molar-refractivity contribution >= 4 is 21.1 Å². The van der Waals surface area contributed by atoms with Gasteiger partial charge in [0.1, 0.15) is 5.82 Å². The Morgan fingerprint density at radius 3 is 2.17 bits per heavy atom. The van der Waals surface area contributed by atoms with Crippen molar-refractivity contribution in [3.63, 3.8) is 0 Å². The van der Waals surface area contributed by atoms with Gasteiger partial charge in [-0.05, 0) is 43.7 Å². The minimum atomic E-state index is -3.61. The Labute approximate surface area is 171 Å². The minimum Gasteiger partial charge on any atom is -0.322 e. The summed E-state index contributed by atoms with van der Waals surface area (Å²) in [5, 5.41) is 0. The number of imidazole rings is 1. The molecule has 29 heavy (non-hydrogen) atoms. The van der Waals surface area contributed by atoms with Crippen molar-refractivity contribution < 1.29 is 8.42 Å². The highest BCUT2D eigenvalue weighted by Crippen LogP contribution is 2.19. The first-order chi connectivity index (χ1) is 13.9. The maximum atomic E-state index is 12.7. The molecule has 0 saturated carbocycles. The zero-order valence-corrected chi connectivity index (χ0v) is 17.3. The summed E-state index contributed by atoms with van der Waals surface area (Å²) in [6, 6.07) is 23.0. The van der Waals surface area contributed by atoms with Gasteiger partial charge in [0, 0.05) is 6.54 Å². The van der Waals surface area contributed by atoms with E-state index in [-0.39, 0.29) is 11.4 Å². The van der Waals surface area contributed by atoms with E-state index in [1.54, 1.807) is 24.3 Å². The minimum absolute atomic E-state index is 0.122. The Morgan fingerprint density at radius 2 is 1.48 bits per heavy atom. The SMILES string of the molecule is Cc1ccc(Cn2c(CNS(=O)(=O)c3ccc(C)cc3)nc3ccccc32)cc1. The average Bonchev–Trinajstić information content (AvgIpc) is 3.06. The van der Waals surface area contributed by atoms with Gasteiger partial charge in [0.25, 0.3) is 0 Å². The molecule has 1 heterocycles. The second kappa shape index (κ2) is 7.81. The number of aryl methyl sites for hydroxylation is 2. The Bertz CT molecular complexity index is 1240. The van der Waals surface area contributed by atoms with Gasteiger partial charge in [0.05, 0.1) is 22.5 Å². The van der Waals surface area contributed by atoms with Crippen LogP contribution in [0.2, 0.25) is 0 Å². The van der Waals surface area contributed by atoms with E-state index in [1.165, 1.54) is 5.56 Å². The molecule has 4 aromatic rings. The molecule has 0 bridgehead atoms. The summed E-state index contributed by atoms with van der Waals surface area (Å²) < 4.78 is 30.1. The highest BCUT2D eigenvalue weighted by Gasteiger charge is 2.17. The van der Waals surface area contributed by atoms with E-state index in [0.29, 0.717) is 12.4 Å². The van der Waals surface area contributed by atoms with Crippen LogP contribution in [0.3, 0.4) is 0 Å². The summed E-state index contributed by atoms with van der Waals surface area (Å²) >= 11 is 0. The first kappa shape index (κ1) is 19.4. The smallest absolute Gasteiger partial charge is 0.240 e. The summed E-state index contributed by atoms with van der Waals surface area (Å²) in [6.07, 6.45) is 0. The summed E-state index contributed by atoms with van der Waals surface area (Å²) in [4.78, 5) is 4.93. The van der Waals surface area contributed by atoms with Crippen LogP contribution < -0.4 is 4.72 Å². The fourth-order valence-corrected chi connectivity index (χ4v) is 4.25. The van der Waals surface area contributed by atoms with Crippen LogP contribution in [0.1, 0.15) is 22.5 Å². The molecule has 1 aromatic heterocycles. The number of rotatable bonds is 6. The topological polar surface area (TPSA) is 64.0 Å². The molecular weight excluding hydrogens is 382 g/mol. The van der Waals surface area contributed by atoms with Crippen molar-refractivity contribution in [1.29, 1.82) is 0 Å². The van der Waals surface area contributed by atoms with Crippen LogP contribution >= 0.6 is 0 Å². The molecule has 0 atom stereocenters. The molecule has 3 aromatic carbocycles. The number of nitrogens with one attached hydrogen (secondary N) is 1. The fraction of sp³-hybridized carbons (Fsp3) is 0.174. The van der Waals surface area contributed by atoms with E-state index in [0.717, 1.165) is 22.2 Å². The van der Waals surface area contributed by atoms with Crippen molar-refractivity contribution in [3.8, 4) is 0 Å². The monoisotopic (exact) mass is 405 g/mol. The van der Waals surface area contributed by atoms with Gasteiger partial charge in [-0.3, -0.25) is 0 Å². The number of nitrogens with zero attached hydrogens (tertiary/aromatic N) is 2. The standard InChI is InChI=1S/C23H23N3O2S/c1-17-7-11-19(12-8-17)16-26-22-6-4-3-5-21(22)25-23(26)15-24-29(27,28)20-13-9-18(2)10-14-20/h3-14,24H,15-16H2,1-2H3. The van der Waals surface area contributed by atoms with Crippen LogP contribution in [0.15, 0.2) is 77.7 Å². The molecule has 0 aliphatic heterocycles. The van der Waals surface area contributed by atoms with Crippen molar-refractivity contribution in [2.24, 2.45) is 0 Å². The lowest BCUT2D eigenvalue weighted by Crippen LogP contribution is -2.25. The molecule has 148 valence electrons. The zero-order chi connectivity index (χ0) is 20.4. The first-order valence-corrected chi connectivity index (χ1v) is 11.0. The molecular formula is C23H23N3O2S. The number of fused-ring (bicyclic) bond motifs is 1. The van der Waals surface area contributed by atoms with E-state index in [4.69, 9.17) is 0 Å². The Balaban J connectivity index is 1.64. The summed E-state index contributed by atoms with van der Waals surface area (Å²) in [5.74, 6) is 0.683. The maximum absolute atomic E-state index is 12.7. The second-order valence-corrected chi connectivity index (χ2v) is 8.99. The lowest BCUT2D eigenvalue weighted by atomic mass is 10.1. The molecule has 0 fully saturated rings. The third-order valence-electron chi connectivity index (χ3n) is 4.95. The second-order valence-electron chi connectivity index (χ2n) is 7.23. The molecule has 6 heteroatoms. The predicted octanol–water partition coefficient (Wildman–Crippen LogP) is 4.18. The van der Waals surface area contributed by atoms with Crippen LogP contribution in [0.4, 0.5) is 0 Å². The van der Waals surface area contributed by atoms with Gasteiger partial charge in [0.15, 0.2) is 0 Å². The van der Waals surface area contributed by atoms with Crippen molar-refractivity contribution in [2.75, 3.05) is 0 Å². The van der Waals surface area contributed by atoms with Crippen molar-refractivity contribution in [2.45, 2.75) is 31.8 Å². The van der Waals surface area contributed by atoms with E-state index in [1.807, 2.05) is 31.2 Å². The normalized spacial score (nSPS) is 11.8. The predicted molar refractivity (Wildman–Crippen MR) is 115 cm³/mol. The summed E-state index contributed by atoms with van der Waals surface area (Å²) in [5.41, 5.74) is 5.20. The van der Waals surface area contributed by atoms with Gasteiger partial charge in [-0.25, -0.2) is 18.1 Å². The number of para-hydroxylation sites is 2.